The molecular formula is C27H39FN2O2. The van der Waals surface area contributed by atoms with Crippen LogP contribution in [0.3, 0.4) is 0 Å². The Kier molecular flexibility index (Phi) is 6.69. The van der Waals surface area contributed by atoms with Gasteiger partial charge in [0.1, 0.15) is 23.8 Å². The maximum atomic E-state index is 14.7. The molecule has 2 aliphatic heterocycles. The lowest BCUT2D eigenvalue weighted by atomic mass is 9.70. The lowest BCUT2D eigenvalue weighted by Crippen LogP contribution is -2.56. The highest BCUT2D eigenvalue weighted by atomic mass is 19.1. The molecule has 1 fully saturated rings. The highest BCUT2D eigenvalue weighted by Gasteiger charge is 2.45. The summed E-state index contributed by atoms with van der Waals surface area (Å²) in [5.74, 6) is 2.24. The molecule has 2 heterocycles. The molecule has 0 amide bonds. The third-order valence-electron chi connectivity index (χ3n) is 7.48. The summed E-state index contributed by atoms with van der Waals surface area (Å²) >= 11 is 0. The van der Waals surface area contributed by atoms with E-state index in [1.807, 2.05) is 12.1 Å². The van der Waals surface area contributed by atoms with Crippen LogP contribution in [-0.2, 0) is 16.7 Å². The van der Waals surface area contributed by atoms with E-state index in [4.69, 9.17) is 4.74 Å². The first-order valence-corrected chi connectivity index (χ1v) is 12.1. The van der Waals surface area contributed by atoms with E-state index in [-0.39, 0.29) is 11.5 Å². The molecule has 176 valence electrons. The number of likely N-dealkylation sites (tertiary alicyclic amines) is 1. The van der Waals surface area contributed by atoms with Gasteiger partial charge in [-0.05, 0) is 87.9 Å². The number of phenolic OH excluding ortho intramolecular Hbond substituents is 1. The van der Waals surface area contributed by atoms with Crippen molar-refractivity contribution in [2.75, 3.05) is 39.3 Å². The van der Waals surface area contributed by atoms with Crippen molar-refractivity contribution in [1.29, 1.82) is 0 Å². The predicted molar refractivity (Wildman–Crippen MR) is 127 cm³/mol. The van der Waals surface area contributed by atoms with E-state index in [2.05, 4.69) is 41.9 Å². The number of alkyl halides is 1. The second-order valence-electron chi connectivity index (χ2n) is 10.7. The van der Waals surface area contributed by atoms with Crippen molar-refractivity contribution in [2.45, 2.75) is 58.2 Å². The Bertz CT molecular complexity index is 875. The van der Waals surface area contributed by atoms with Crippen molar-refractivity contribution in [2.24, 2.45) is 11.8 Å². The number of phenols is 1. The fraction of sp³-hybridized carbons (Fsp3) is 0.630. The van der Waals surface area contributed by atoms with Crippen molar-refractivity contribution < 1.29 is 14.2 Å². The molecule has 5 heteroatoms. The number of rotatable bonds is 7. The minimum Gasteiger partial charge on any atom is -0.508 e. The normalized spacial score (nSPS) is 29.1. The molecule has 4 rings (SSSR count). The summed E-state index contributed by atoms with van der Waals surface area (Å²) in [6, 6.07) is 5.67. The van der Waals surface area contributed by atoms with Crippen LogP contribution in [0.1, 0.15) is 51.7 Å². The minimum absolute atomic E-state index is 0.209. The molecule has 3 atom stereocenters. The zero-order valence-corrected chi connectivity index (χ0v) is 20.1. The van der Waals surface area contributed by atoms with Crippen LogP contribution in [0, 0.1) is 11.8 Å². The average Bonchev–Trinajstić information content (AvgIpc) is 3.15. The summed E-state index contributed by atoms with van der Waals surface area (Å²) < 4.78 is 20.8. The summed E-state index contributed by atoms with van der Waals surface area (Å²) in [4.78, 5) is 4.78. The Labute approximate surface area is 192 Å². The van der Waals surface area contributed by atoms with Crippen molar-refractivity contribution in [1.82, 2.24) is 9.80 Å². The Morgan fingerprint density at radius 3 is 2.75 bits per heavy atom. The van der Waals surface area contributed by atoms with Gasteiger partial charge in [-0.2, -0.15) is 0 Å². The number of hydrogen-bond donors (Lipinski definition) is 1. The quantitative estimate of drug-likeness (QED) is 0.642. The molecule has 0 aromatic heterocycles. The maximum absolute atomic E-state index is 14.7. The van der Waals surface area contributed by atoms with Crippen molar-refractivity contribution in [3.8, 4) is 5.75 Å². The van der Waals surface area contributed by atoms with Crippen molar-refractivity contribution in [3.05, 3.63) is 53.3 Å². The lowest BCUT2D eigenvalue weighted by molar-refractivity contribution is 0.00581. The fourth-order valence-electron chi connectivity index (χ4n) is 5.72. The van der Waals surface area contributed by atoms with E-state index < -0.39 is 5.67 Å². The first kappa shape index (κ1) is 23.3. The molecule has 0 radical (unpaired) electrons. The van der Waals surface area contributed by atoms with Crippen LogP contribution in [0.5, 0.6) is 5.75 Å². The van der Waals surface area contributed by atoms with Gasteiger partial charge in [0.05, 0.1) is 5.54 Å². The number of allylic oxidation sites excluding steroid dienone is 2. The first-order chi connectivity index (χ1) is 15.1. The van der Waals surface area contributed by atoms with E-state index in [1.54, 1.807) is 19.9 Å². The Hall–Kier alpha value is -1.85. The molecule has 1 aliphatic carbocycles. The fourth-order valence-corrected chi connectivity index (χ4v) is 5.72. The first-order valence-electron chi connectivity index (χ1n) is 12.1. The molecule has 3 aliphatic rings. The van der Waals surface area contributed by atoms with E-state index >= 15 is 0 Å². The highest BCUT2D eigenvalue weighted by Crippen LogP contribution is 2.46. The number of hydrogen-bond acceptors (Lipinski definition) is 4. The summed E-state index contributed by atoms with van der Waals surface area (Å²) in [7, 11) is 0. The SMILES string of the molecule is C[C@@H]1CCN(CCOC2=CCC([C@]3(C)c4ccc(O)cc4CCN3CC(C)(C)F)C=C2)C1. The lowest BCUT2D eigenvalue weighted by Gasteiger charge is -2.51. The number of benzene rings is 1. The average molecular weight is 443 g/mol. The third-order valence-corrected chi connectivity index (χ3v) is 7.48. The Balaban J connectivity index is 1.47. The zero-order valence-electron chi connectivity index (χ0n) is 20.1. The van der Waals surface area contributed by atoms with Crippen LogP contribution in [0.25, 0.3) is 0 Å². The van der Waals surface area contributed by atoms with Gasteiger partial charge < -0.3 is 9.84 Å². The van der Waals surface area contributed by atoms with Gasteiger partial charge in [0.25, 0.3) is 0 Å². The van der Waals surface area contributed by atoms with Gasteiger partial charge in [-0.1, -0.05) is 19.1 Å². The van der Waals surface area contributed by atoms with E-state index in [1.165, 1.54) is 30.6 Å². The van der Waals surface area contributed by atoms with Gasteiger partial charge in [-0.25, -0.2) is 4.39 Å². The van der Waals surface area contributed by atoms with Gasteiger partial charge in [-0.15, -0.1) is 0 Å². The second kappa shape index (κ2) is 9.18. The van der Waals surface area contributed by atoms with Gasteiger partial charge in [0.2, 0.25) is 0 Å². The molecule has 0 saturated carbocycles. The number of aromatic hydroxyl groups is 1. The van der Waals surface area contributed by atoms with Crippen LogP contribution in [0.2, 0.25) is 0 Å². The third kappa shape index (κ3) is 5.04. The summed E-state index contributed by atoms with van der Waals surface area (Å²) in [5.41, 5.74) is 0.751. The second-order valence-corrected chi connectivity index (χ2v) is 10.7. The van der Waals surface area contributed by atoms with Crippen molar-refractivity contribution >= 4 is 0 Å². The van der Waals surface area contributed by atoms with Gasteiger partial charge in [-0.3, -0.25) is 9.80 Å². The number of ether oxygens (including phenoxy) is 1. The molecule has 32 heavy (non-hydrogen) atoms. The topological polar surface area (TPSA) is 35.9 Å². The largest absolute Gasteiger partial charge is 0.508 e. The van der Waals surface area contributed by atoms with Crippen LogP contribution in [0.4, 0.5) is 4.39 Å². The Morgan fingerprint density at radius 2 is 2.09 bits per heavy atom. The summed E-state index contributed by atoms with van der Waals surface area (Å²) in [6.45, 7) is 13.1. The van der Waals surface area contributed by atoms with E-state index in [0.717, 1.165) is 44.2 Å². The zero-order chi connectivity index (χ0) is 22.9. The number of nitrogens with zero attached hydrogens (tertiary/aromatic N) is 2. The molecule has 4 nitrogen and oxygen atoms in total. The number of halogens is 1. The smallest absolute Gasteiger partial charge is 0.118 e. The van der Waals surface area contributed by atoms with Crippen LogP contribution in [0.15, 0.2) is 42.2 Å². The molecule has 1 saturated heterocycles. The summed E-state index contributed by atoms with van der Waals surface area (Å²) in [6.07, 6.45) is 9.50. The predicted octanol–water partition coefficient (Wildman–Crippen LogP) is 5.03. The summed E-state index contributed by atoms with van der Waals surface area (Å²) in [5, 5.41) is 10.0. The van der Waals surface area contributed by atoms with Crippen LogP contribution < -0.4 is 0 Å². The van der Waals surface area contributed by atoms with Gasteiger partial charge in [0.15, 0.2) is 0 Å². The van der Waals surface area contributed by atoms with E-state index in [0.29, 0.717) is 12.3 Å². The molecule has 0 bridgehead atoms. The molecule has 1 unspecified atom stereocenters. The molecule has 0 spiro atoms. The Morgan fingerprint density at radius 1 is 1.28 bits per heavy atom. The molecular weight excluding hydrogens is 403 g/mol. The maximum Gasteiger partial charge on any atom is 0.118 e. The van der Waals surface area contributed by atoms with Crippen LogP contribution >= 0.6 is 0 Å². The molecule has 1 aromatic carbocycles. The standard InChI is InChI=1S/C27H39FN2O2/c1-20-11-13-29(18-20)15-16-32-24-8-5-22(6-9-24)27(4)25-10-7-23(31)17-21(25)12-14-30(27)19-26(2,3)28/h5,7-10,17,20,22,31H,6,11-16,18-19H2,1-4H3/t20-,22?,27-/m1/s1. The van der Waals surface area contributed by atoms with Crippen molar-refractivity contribution in [3.63, 3.8) is 0 Å². The van der Waals surface area contributed by atoms with Gasteiger partial charge in [0, 0.05) is 32.1 Å². The van der Waals surface area contributed by atoms with Crippen LogP contribution in [-0.4, -0.2) is 59.9 Å². The highest BCUT2D eigenvalue weighted by molar-refractivity contribution is 5.43. The minimum atomic E-state index is -1.27. The molecule has 1 aromatic rings. The monoisotopic (exact) mass is 442 g/mol. The molecule has 1 N–H and O–H groups in total. The van der Waals surface area contributed by atoms with Gasteiger partial charge >= 0.3 is 0 Å². The number of fused-ring (bicyclic) bond motifs is 1. The van der Waals surface area contributed by atoms with E-state index in [9.17, 15) is 9.50 Å².